The number of carbonyl (C=O) groups is 1. The summed E-state index contributed by atoms with van der Waals surface area (Å²) in [5.74, 6) is 0. The van der Waals surface area contributed by atoms with Crippen molar-refractivity contribution in [2.75, 3.05) is 20.8 Å². The van der Waals surface area contributed by atoms with Gasteiger partial charge in [0.2, 0.25) is 0 Å². The Balaban J connectivity index is 2.99. The molecule has 48 valence electrons. The van der Waals surface area contributed by atoms with Gasteiger partial charge in [-0.15, -0.1) is 0 Å². The van der Waals surface area contributed by atoms with E-state index < -0.39 is 0 Å². The highest BCUT2D eigenvalue weighted by molar-refractivity contribution is 5.73. The second kappa shape index (κ2) is 4.39. The largest absolute Gasteiger partial charge is 0.341 e. The number of rotatable bonds is 2. The zero-order valence-corrected chi connectivity index (χ0v) is 5.12. The lowest BCUT2D eigenvalue weighted by Crippen LogP contribution is -2.37. The second-order valence-electron chi connectivity index (χ2n) is 1.29. The number of hydrogen-bond donors (Lipinski definition) is 3. The summed E-state index contributed by atoms with van der Waals surface area (Å²) < 4.78 is 0. The maximum absolute atomic E-state index is 10.3. The lowest BCUT2D eigenvalue weighted by Gasteiger charge is -2.00. The van der Waals surface area contributed by atoms with Crippen molar-refractivity contribution >= 4 is 6.03 Å². The Morgan fingerprint density at radius 3 is 2.50 bits per heavy atom. The van der Waals surface area contributed by atoms with Crippen molar-refractivity contribution in [2.24, 2.45) is 0 Å². The van der Waals surface area contributed by atoms with Crippen LogP contribution in [0.4, 0.5) is 4.79 Å². The number of amides is 2. The molecule has 0 heterocycles. The van der Waals surface area contributed by atoms with E-state index in [1.165, 1.54) is 0 Å². The fourth-order valence-electron chi connectivity index (χ4n) is 0.257. The Bertz CT molecular complexity index is 73.7. The molecule has 8 heavy (non-hydrogen) atoms. The molecule has 0 radical (unpaired) electrons. The van der Waals surface area contributed by atoms with E-state index in [2.05, 4.69) is 16.0 Å². The summed E-state index contributed by atoms with van der Waals surface area (Å²) in [6.45, 7) is 0.500. The summed E-state index contributed by atoms with van der Waals surface area (Å²) in [6.07, 6.45) is 0. The minimum Gasteiger partial charge on any atom is -0.341 e. The molecule has 0 atom stereocenters. The monoisotopic (exact) mass is 117 g/mol. The predicted octanol–water partition coefficient (Wildman–Crippen LogP) is -0.908. The first-order chi connectivity index (χ1) is 3.81. The number of carbonyl (C=O) groups excluding carboxylic acids is 1. The van der Waals surface area contributed by atoms with Crippen LogP contribution in [0, 0.1) is 0 Å². The van der Waals surface area contributed by atoms with Gasteiger partial charge in [-0.2, -0.15) is 0 Å². The molecule has 4 nitrogen and oxygen atoms in total. The van der Waals surface area contributed by atoms with Crippen LogP contribution in [0.5, 0.6) is 0 Å². The van der Waals surface area contributed by atoms with Crippen LogP contribution in [0.15, 0.2) is 0 Å². The third-order valence-corrected chi connectivity index (χ3v) is 0.653. The van der Waals surface area contributed by atoms with Gasteiger partial charge in [0.1, 0.15) is 0 Å². The van der Waals surface area contributed by atoms with Crippen molar-refractivity contribution in [3.05, 3.63) is 0 Å². The van der Waals surface area contributed by atoms with Crippen LogP contribution < -0.4 is 16.0 Å². The number of urea groups is 1. The first kappa shape index (κ1) is 7.23. The minimum absolute atomic E-state index is 0.167. The molecule has 0 aliphatic rings. The zero-order chi connectivity index (χ0) is 6.41. The Kier molecular flexibility index (Phi) is 3.97. The highest BCUT2D eigenvalue weighted by atomic mass is 16.2. The van der Waals surface area contributed by atoms with E-state index in [1.807, 2.05) is 0 Å². The van der Waals surface area contributed by atoms with Gasteiger partial charge in [0.25, 0.3) is 0 Å². The van der Waals surface area contributed by atoms with Crippen LogP contribution in [-0.2, 0) is 0 Å². The molecule has 0 unspecified atom stereocenters. The summed E-state index contributed by atoms with van der Waals surface area (Å²) in [4.78, 5) is 10.3. The van der Waals surface area contributed by atoms with E-state index in [0.29, 0.717) is 6.67 Å². The van der Waals surface area contributed by atoms with Crippen LogP contribution in [0.25, 0.3) is 0 Å². The van der Waals surface area contributed by atoms with Gasteiger partial charge in [-0.25, -0.2) is 4.79 Å². The normalized spacial score (nSPS) is 8.25. The summed E-state index contributed by atoms with van der Waals surface area (Å²) in [6, 6.07) is -0.167. The van der Waals surface area contributed by atoms with Crippen LogP contribution in [-0.4, -0.2) is 26.8 Å². The highest BCUT2D eigenvalue weighted by Gasteiger charge is 1.88. The molecule has 0 aromatic rings. The summed E-state index contributed by atoms with van der Waals surface area (Å²) >= 11 is 0. The Morgan fingerprint density at radius 1 is 1.50 bits per heavy atom. The van der Waals surface area contributed by atoms with Crippen molar-refractivity contribution in [2.45, 2.75) is 0 Å². The SMILES string of the molecule is CNCNC(=O)NC. The number of hydrogen-bond acceptors (Lipinski definition) is 2. The van der Waals surface area contributed by atoms with Crippen molar-refractivity contribution in [1.82, 2.24) is 16.0 Å². The van der Waals surface area contributed by atoms with E-state index >= 15 is 0 Å². The maximum atomic E-state index is 10.3. The van der Waals surface area contributed by atoms with E-state index in [9.17, 15) is 4.79 Å². The lowest BCUT2D eigenvalue weighted by molar-refractivity contribution is 0.242. The molecule has 3 N–H and O–H groups in total. The Hall–Kier alpha value is -0.770. The van der Waals surface area contributed by atoms with Gasteiger partial charge in [-0.3, -0.25) is 0 Å². The van der Waals surface area contributed by atoms with Gasteiger partial charge in [0.15, 0.2) is 0 Å². The van der Waals surface area contributed by atoms with E-state index in [0.717, 1.165) is 0 Å². The molecule has 0 bridgehead atoms. The number of nitrogens with one attached hydrogen (secondary N) is 3. The summed E-state index contributed by atoms with van der Waals surface area (Å²) in [5.41, 5.74) is 0. The van der Waals surface area contributed by atoms with Crippen LogP contribution in [0.1, 0.15) is 0 Å². The zero-order valence-electron chi connectivity index (χ0n) is 5.12. The van der Waals surface area contributed by atoms with Crippen molar-refractivity contribution < 1.29 is 4.79 Å². The van der Waals surface area contributed by atoms with Crippen LogP contribution in [0.2, 0.25) is 0 Å². The third kappa shape index (κ3) is 3.42. The molecule has 0 saturated carbocycles. The van der Waals surface area contributed by atoms with Gasteiger partial charge in [0.05, 0.1) is 6.67 Å². The summed E-state index contributed by atoms with van der Waals surface area (Å²) in [5, 5.41) is 7.69. The fourth-order valence-corrected chi connectivity index (χ4v) is 0.257. The molecule has 0 aliphatic carbocycles. The smallest absolute Gasteiger partial charge is 0.315 e. The second-order valence-corrected chi connectivity index (χ2v) is 1.29. The average Bonchev–Trinajstić information content (AvgIpc) is 1.83. The van der Waals surface area contributed by atoms with Crippen LogP contribution >= 0.6 is 0 Å². The molecule has 0 aromatic carbocycles. The van der Waals surface area contributed by atoms with Gasteiger partial charge in [-0.05, 0) is 7.05 Å². The molecule has 0 spiro atoms. The van der Waals surface area contributed by atoms with Gasteiger partial charge in [-0.1, -0.05) is 0 Å². The molecule has 0 saturated heterocycles. The molecule has 4 heteroatoms. The Morgan fingerprint density at radius 2 is 2.12 bits per heavy atom. The van der Waals surface area contributed by atoms with Gasteiger partial charge in [0, 0.05) is 7.05 Å². The molecule has 0 rings (SSSR count). The first-order valence-corrected chi connectivity index (χ1v) is 2.41. The highest BCUT2D eigenvalue weighted by Crippen LogP contribution is 1.54. The van der Waals surface area contributed by atoms with Gasteiger partial charge >= 0.3 is 6.03 Å². The standard InChI is InChI=1S/C4H11N3O/c1-5-3-7-4(8)6-2/h5H,3H2,1-2H3,(H2,6,7,8). The van der Waals surface area contributed by atoms with E-state index in [1.54, 1.807) is 14.1 Å². The molecule has 0 fully saturated rings. The maximum Gasteiger partial charge on any atom is 0.315 e. The van der Waals surface area contributed by atoms with Crippen LogP contribution in [0.3, 0.4) is 0 Å². The van der Waals surface area contributed by atoms with Crippen molar-refractivity contribution in [3.8, 4) is 0 Å². The van der Waals surface area contributed by atoms with E-state index in [4.69, 9.17) is 0 Å². The average molecular weight is 117 g/mol. The minimum atomic E-state index is -0.167. The molecular weight excluding hydrogens is 106 g/mol. The Labute approximate surface area is 48.6 Å². The topological polar surface area (TPSA) is 53.2 Å². The fraction of sp³-hybridized carbons (Fsp3) is 0.750. The third-order valence-electron chi connectivity index (χ3n) is 0.653. The lowest BCUT2D eigenvalue weighted by atomic mass is 10.9. The van der Waals surface area contributed by atoms with Crippen molar-refractivity contribution in [3.63, 3.8) is 0 Å². The quantitative estimate of drug-likeness (QED) is 0.410. The molecule has 0 aromatic heterocycles. The van der Waals surface area contributed by atoms with E-state index in [-0.39, 0.29) is 6.03 Å². The summed E-state index contributed by atoms with van der Waals surface area (Å²) in [7, 11) is 3.33. The van der Waals surface area contributed by atoms with Crippen molar-refractivity contribution in [1.29, 1.82) is 0 Å². The predicted molar refractivity (Wildman–Crippen MR) is 31.5 cm³/mol. The van der Waals surface area contributed by atoms with Gasteiger partial charge < -0.3 is 16.0 Å². The molecular formula is C4H11N3O. The first-order valence-electron chi connectivity index (χ1n) is 2.41. The molecule has 0 aliphatic heterocycles. The molecule has 2 amide bonds.